The van der Waals surface area contributed by atoms with Crippen LogP contribution in [0.5, 0.6) is 0 Å². The summed E-state index contributed by atoms with van der Waals surface area (Å²) in [4.78, 5) is 12.5. The van der Waals surface area contributed by atoms with Crippen molar-refractivity contribution in [1.29, 1.82) is 5.26 Å². The van der Waals surface area contributed by atoms with Crippen LogP contribution in [0.25, 0.3) is 0 Å². The molecule has 3 nitrogen and oxygen atoms in total. The van der Waals surface area contributed by atoms with Gasteiger partial charge in [0.25, 0.3) is 0 Å². The van der Waals surface area contributed by atoms with Crippen LogP contribution >= 0.6 is 11.6 Å². The molecule has 4 heteroatoms. The molecule has 1 atom stereocenters. The standard InChI is InChI=1S/C19H18ClNO2/c1-13(2)18(16-7-9-17(20)10-8-16)19(22)23-12-15-5-3-14(11-21)4-6-15/h3-10,13,18H,12H2,1-2H3/t18-/m1/s1. The Labute approximate surface area is 141 Å². The number of benzene rings is 2. The van der Waals surface area contributed by atoms with Crippen LogP contribution in [0.3, 0.4) is 0 Å². The molecule has 0 aromatic heterocycles. The first-order chi connectivity index (χ1) is 11.0. The number of hydrogen-bond acceptors (Lipinski definition) is 3. The molecule has 0 aliphatic heterocycles. The molecule has 0 aliphatic carbocycles. The Morgan fingerprint density at radius 2 is 1.74 bits per heavy atom. The Morgan fingerprint density at radius 1 is 1.13 bits per heavy atom. The lowest BCUT2D eigenvalue weighted by molar-refractivity contribution is -0.148. The van der Waals surface area contributed by atoms with Gasteiger partial charge in [0.05, 0.1) is 17.6 Å². The second-order valence-electron chi connectivity index (χ2n) is 5.69. The van der Waals surface area contributed by atoms with Gasteiger partial charge in [-0.15, -0.1) is 0 Å². The summed E-state index contributed by atoms with van der Waals surface area (Å²) in [6, 6.07) is 16.3. The van der Waals surface area contributed by atoms with Gasteiger partial charge in [-0.2, -0.15) is 5.26 Å². The van der Waals surface area contributed by atoms with Crippen molar-refractivity contribution in [3.63, 3.8) is 0 Å². The Morgan fingerprint density at radius 3 is 2.26 bits per heavy atom. The van der Waals surface area contributed by atoms with Gasteiger partial charge >= 0.3 is 5.97 Å². The van der Waals surface area contributed by atoms with Gasteiger partial charge in [-0.1, -0.05) is 49.7 Å². The van der Waals surface area contributed by atoms with Crippen LogP contribution < -0.4 is 0 Å². The van der Waals surface area contributed by atoms with Gasteiger partial charge in [0.15, 0.2) is 0 Å². The second kappa shape index (κ2) is 7.80. The smallest absolute Gasteiger partial charge is 0.314 e. The molecule has 0 bridgehead atoms. The zero-order chi connectivity index (χ0) is 16.8. The van der Waals surface area contributed by atoms with Crippen LogP contribution in [0.1, 0.15) is 36.5 Å². The number of ether oxygens (including phenoxy) is 1. The maximum atomic E-state index is 12.5. The van der Waals surface area contributed by atoms with E-state index >= 15 is 0 Å². The fourth-order valence-electron chi connectivity index (χ4n) is 2.38. The summed E-state index contributed by atoms with van der Waals surface area (Å²) < 4.78 is 5.45. The molecule has 0 heterocycles. The summed E-state index contributed by atoms with van der Waals surface area (Å²) in [6.45, 7) is 4.17. The highest BCUT2D eigenvalue weighted by atomic mass is 35.5. The average Bonchev–Trinajstić information content (AvgIpc) is 2.55. The van der Waals surface area contributed by atoms with Crippen LogP contribution in [-0.2, 0) is 16.1 Å². The van der Waals surface area contributed by atoms with Crippen molar-refractivity contribution < 1.29 is 9.53 Å². The normalized spacial score (nSPS) is 11.8. The van der Waals surface area contributed by atoms with E-state index in [2.05, 4.69) is 6.07 Å². The van der Waals surface area contributed by atoms with E-state index in [-0.39, 0.29) is 24.4 Å². The van der Waals surface area contributed by atoms with Crippen molar-refractivity contribution in [2.24, 2.45) is 5.92 Å². The van der Waals surface area contributed by atoms with Gasteiger partial charge < -0.3 is 4.74 Å². The highest BCUT2D eigenvalue weighted by Crippen LogP contribution is 2.27. The van der Waals surface area contributed by atoms with Crippen LogP contribution in [0.15, 0.2) is 48.5 Å². The number of nitriles is 1. The van der Waals surface area contributed by atoms with Crippen molar-refractivity contribution in [3.05, 3.63) is 70.2 Å². The molecule has 0 aliphatic rings. The van der Waals surface area contributed by atoms with E-state index in [9.17, 15) is 4.79 Å². The van der Waals surface area contributed by atoms with E-state index in [4.69, 9.17) is 21.6 Å². The molecule has 0 spiro atoms. The minimum absolute atomic E-state index is 0.115. The van der Waals surface area contributed by atoms with Gasteiger partial charge in [-0.05, 0) is 41.3 Å². The quantitative estimate of drug-likeness (QED) is 0.748. The first-order valence-electron chi connectivity index (χ1n) is 7.42. The minimum atomic E-state index is -0.328. The third-order valence-electron chi connectivity index (χ3n) is 3.61. The third-order valence-corrected chi connectivity index (χ3v) is 3.87. The van der Waals surface area contributed by atoms with E-state index in [1.165, 1.54) is 0 Å². The number of carbonyl (C=O) groups excluding carboxylic acids is 1. The Hall–Kier alpha value is -2.31. The Balaban J connectivity index is 2.06. The molecular formula is C19H18ClNO2. The van der Waals surface area contributed by atoms with Crippen molar-refractivity contribution in [3.8, 4) is 6.07 Å². The van der Waals surface area contributed by atoms with E-state index in [1.54, 1.807) is 36.4 Å². The molecule has 0 N–H and O–H groups in total. The maximum absolute atomic E-state index is 12.5. The summed E-state index contributed by atoms with van der Waals surface area (Å²) in [5, 5.41) is 9.42. The van der Waals surface area contributed by atoms with Crippen LogP contribution in [-0.4, -0.2) is 5.97 Å². The zero-order valence-corrected chi connectivity index (χ0v) is 13.9. The van der Waals surface area contributed by atoms with E-state index in [0.29, 0.717) is 10.6 Å². The summed E-state index contributed by atoms with van der Waals surface area (Å²) in [6.07, 6.45) is 0. The molecule has 2 rings (SSSR count). The molecule has 0 radical (unpaired) electrons. The topological polar surface area (TPSA) is 50.1 Å². The summed E-state index contributed by atoms with van der Waals surface area (Å²) in [7, 11) is 0. The molecular weight excluding hydrogens is 310 g/mol. The van der Waals surface area contributed by atoms with Crippen molar-refractivity contribution in [2.45, 2.75) is 26.4 Å². The summed E-state index contributed by atoms with van der Waals surface area (Å²) in [5.74, 6) is -0.470. The summed E-state index contributed by atoms with van der Waals surface area (Å²) >= 11 is 5.90. The molecule has 2 aromatic carbocycles. The molecule has 2 aromatic rings. The second-order valence-corrected chi connectivity index (χ2v) is 6.13. The minimum Gasteiger partial charge on any atom is -0.460 e. The van der Waals surface area contributed by atoms with Crippen LogP contribution in [0.2, 0.25) is 5.02 Å². The van der Waals surface area contributed by atoms with Gasteiger partial charge in [-0.25, -0.2) is 0 Å². The monoisotopic (exact) mass is 327 g/mol. The van der Waals surface area contributed by atoms with Gasteiger partial charge in [0.1, 0.15) is 6.61 Å². The molecule has 0 saturated carbocycles. The number of carbonyl (C=O) groups is 1. The van der Waals surface area contributed by atoms with Crippen molar-refractivity contribution in [1.82, 2.24) is 0 Å². The maximum Gasteiger partial charge on any atom is 0.314 e. The van der Waals surface area contributed by atoms with Crippen molar-refractivity contribution in [2.75, 3.05) is 0 Å². The fourth-order valence-corrected chi connectivity index (χ4v) is 2.51. The van der Waals surface area contributed by atoms with Gasteiger partial charge in [0, 0.05) is 5.02 Å². The lowest BCUT2D eigenvalue weighted by Crippen LogP contribution is -2.20. The lowest BCUT2D eigenvalue weighted by Gasteiger charge is -2.20. The predicted molar refractivity (Wildman–Crippen MR) is 90.0 cm³/mol. The van der Waals surface area contributed by atoms with Gasteiger partial charge in [-0.3, -0.25) is 4.79 Å². The highest BCUT2D eigenvalue weighted by molar-refractivity contribution is 6.30. The number of esters is 1. The molecule has 0 fully saturated rings. The first kappa shape index (κ1) is 17.1. The number of halogens is 1. The zero-order valence-electron chi connectivity index (χ0n) is 13.1. The van der Waals surface area contributed by atoms with E-state index in [1.807, 2.05) is 26.0 Å². The van der Waals surface area contributed by atoms with Gasteiger partial charge in [0.2, 0.25) is 0 Å². The van der Waals surface area contributed by atoms with Crippen LogP contribution in [0, 0.1) is 17.2 Å². The number of hydrogen-bond donors (Lipinski definition) is 0. The Bertz CT molecular complexity index is 700. The fraction of sp³-hybridized carbons (Fsp3) is 0.263. The largest absolute Gasteiger partial charge is 0.460 e. The van der Waals surface area contributed by atoms with E-state index in [0.717, 1.165) is 11.1 Å². The first-order valence-corrected chi connectivity index (χ1v) is 7.80. The SMILES string of the molecule is CC(C)[C@@H](C(=O)OCc1ccc(C#N)cc1)c1ccc(Cl)cc1. The molecule has 23 heavy (non-hydrogen) atoms. The molecule has 0 saturated heterocycles. The summed E-state index contributed by atoms with van der Waals surface area (Å²) in [5.41, 5.74) is 2.34. The molecule has 118 valence electrons. The van der Waals surface area contributed by atoms with Crippen molar-refractivity contribution >= 4 is 17.6 Å². The molecule has 0 unspecified atom stereocenters. The highest BCUT2D eigenvalue weighted by Gasteiger charge is 2.25. The predicted octanol–water partition coefficient (Wildman–Crippen LogP) is 4.69. The lowest BCUT2D eigenvalue weighted by atomic mass is 9.88. The Kier molecular flexibility index (Phi) is 5.78. The number of nitrogens with zero attached hydrogens (tertiary/aromatic N) is 1. The molecule has 0 amide bonds. The van der Waals surface area contributed by atoms with Crippen LogP contribution in [0.4, 0.5) is 0 Å². The van der Waals surface area contributed by atoms with E-state index < -0.39 is 0 Å². The number of rotatable bonds is 5. The average molecular weight is 328 g/mol. The third kappa shape index (κ3) is 4.58.